The van der Waals surface area contributed by atoms with Crippen LogP contribution in [0, 0.1) is 11.2 Å². The molecule has 2 aliphatic heterocycles. The highest BCUT2D eigenvalue weighted by Gasteiger charge is 2.52. The van der Waals surface area contributed by atoms with Crippen LogP contribution >= 0.6 is 0 Å². The van der Waals surface area contributed by atoms with Crippen molar-refractivity contribution in [3.63, 3.8) is 0 Å². The van der Waals surface area contributed by atoms with E-state index in [1.54, 1.807) is 12.1 Å². The smallest absolute Gasteiger partial charge is 0.244 e. The Bertz CT molecular complexity index is 533. The summed E-state index contributed by atoms with van der Waals surface area (Å²) in [4.78, 5) is 12.8. The predicted molar refractivity (Wildman–Crippen MR) is 75.2 cm³/mol. The summed E-state index contributed by atoms with van der Waals surface area (Å²) in [5.74, 6) is -0.0324. The summed E-state index contributed by atoms with van der Waals surface area (Å²) in [6, 6.07) is 6.64. The van der Waals surface area contributed by atoms with E-state index in [1.165, 1.54) is 6.07 Å². The molecule has 2 heterocycles. The van der Waals surface area contributed by atoms with Gasteiger partial charge in [-0.05, 0) is 37.5 Å². The first-order valence-electron chi connectivity index (χ1n) is 7.39. The minimum Gasteiger partial charge on any atom is -0.273 e. The van der Waals surface area contributed by atoms with E-state index in [2.05, 4.69) is 18.9 Å². The molecule has 0 bridgehead atoms. The zero-order valence-corrected chi connectivity index (χ0v) is 12.1. The molecular weight excluding hydrogens is 255 g/mol. The molecule has 0 aliphatic carbocycles. The molecule has 2 fully saturated rings. The first kappa shape index (κ1) is 13.6. The Labute approximate surface area is 119 Å². The Hall–Kier alpha value is -1.42. The van der Waals surface area contributed by atoms with Gasteiger partial charge in [0, 0.05) is 13.1 Å². The minimum absolute atomic E-state index is 0.00289. The largest absolute Gasteiger partial charge is 0.273 e. The van der Waals surface area contributed by atoms with Crippen LogP contribution in [-0.2, 0) is 4.79 Å². The van der Waals surface area contributed by atoms with E-state index in [0.717, 1.165) is 37.9 Å². The van der Waals surface area contributed by atoms with Gasteiger partial charge in [-0.1, -0.05) is 25.5 Å². The lowest BCUT2D eigenvalue weighted by Gasteiger charge is -2.26. The number of carbonyl (C=O) groups is 1. The molecule has 0 saturated carbocycles. The number of fused-ring (bicyclic) bond motifs is 1. The minimum atomic E-state index is -0.277. The summed E-state index contributed by atoms with van der Waals surface area (Å²) < 4.78 is 13.4. The number of amides is 1. The fourth-order valence-electron chi connectivity index (χ4n) is 3.63. The van der Waals surface area contributed by atoms with Crippen LogP contribution in [0.2, 0.25) is 0 Å². The molecule has 0 aromatic heterocycles. The average Bonchev–Trinajstić information content (AvgIpc) is 2.90. The standard InChI is InChI=1S/C16H21FN2O/c1-3-8-16(2)11-18-9-7-14(19(18)15(16)20)12-5-4-6-13(17)10-12/h4-6,10,14H,3,7-9,11H2,1-2H3/t14-,16+/m0/s1. The van der Waals surface area contributed by atoms with Gasteiger partial charge in [0.05, 0.1) is 11.5 Å². The number of carbonyl (C=O) groups excluding carboxylic acids is 1. The van der Waals surface area contributed by atoms with Gasteiger partial charge < -0.3 is 0 Å². The quantitative estimate of drug-likeness (QED) is 0.846. The topological polar surface area (TPSA) is 23.6 Å². The molecular formula is C16H21FN2O. The van der Waals surface area contributed by atoms with Crippen LogP contribution in [0.3, 0.4) is 0 Å². The van der Waals surface area contributed by atoms with Crippen LogP contribution in [0.4, 0.5) is 4.39 Å². The van der Waals surface area contributed by atoms with E-state index >= 15 is 0 Å². The van der Waals surface area contributed by atoms with E-state index in [1.807, 2.05) is 11.1 Å². The van der Waals surface area contributed by atoms with Crippen LogP contribution in [0.15, 0.2) is 24.3 Å². The summed E-state index contributed by atoms with van der Waals surface area (Å²) in [6.07, 6.45) is 2.81. The molecule has 2 saturated heterocycles. The second-order valence-electron chi connectivity index (χ2n) is 6.21. The summed E-state index contributed by atoms with van der Waals surface area (Å²) in [5.41, 5.74) is 0.627. The van der Waals surface area contributed by atoms with Crippen LogP contribution in [-0.4, -0.2) is 29.0 Å². The molecule has 1 aromatic rings. The van der Waals surface area contributed by atoms with Crippen molar-refractivity contribution in [3.8, 4) is 0 Å². The molecule has 0 radical (unpaired) electrons. The molecule has 20 heavy (non-hydrogen) atoms. The first-order valence-corrected chi connectivity index (χ1v) is 7.39. The highest BCUT2D eigenvalue weighted by molar-refractivity contribution is 5.84. The van der Waals surface area contributed by atoms with Crippen LogP contribution in [0.25, 0.3) is 0 Å². The number of hydrogen-bond donors (Lipinski definition) is 0. The number of hydrazine groups is 1. The van der Waals surface area contributed by atoms with E-state index in [4.69, 9.17) is 0 Å². The van der Waals surface area contributed by atoms with Gasteiger partial charge in [-0.25, -0.2) is 9.40 Å². The molecule has 3 rings (SSSR count). The summed E-state index contributed by atoms with van der Waals surface area (Å²) in [6.45, 7) is 5.85. The van der Waals surface area contributed by atoms with Crippen molar-refractivity contribution in [2.24, 2.45) is 5.41 Å². The SMILES string of the molecule is CCC[C@]1(C)CN2CC[C@@H](c3cccc(F)c3)N2C1=O. The molecule has 108 valence electrons. The number of rotatable bonds is 3. The van der Waals surface area contributed by atoms with Gasteiger partial charge in [0.15, 0.2) is 0 Å². The summed E-state index contributed by atoms with van der Waals surface area (Å²) >= 11 is 0. The monoisotopic (exact) mass is 276 g/mol. The van der Waals surface area contributed by atoms with Gasteiger partial charge >= 0.3 is 0 Å². The summed E-state index contributed by atoms with van der Waals surface area (Å²) in [5, 5.41) is 4.03. The highest BCUT2D eigenvalue weighted by Crippen LogP contribution is 2.44. The van der Waals surface area contributed by atoms with Crippen molar-refractivity contribution in [3.05, 3.63) is 35.6 Å². The van der Waals surface area contributed by atoms with Crippen molar-refractivity contribution >= 4 is 5.91 Å². The Kier molecular flexibility index (Phi) is 3.28. The van der Waals surface area contributed by atoms with Gasteiger partial charge in [-0.2, -0.15) is 0 Å². The number of halogens is 1. The maximum atomic E-state index is 13.4. The molecule has 0 N–H and O–H groups in total. The molecule has 2 aliphatic rings. The van der Waals surface area contributed by atoms with Gasteiger partial charge in [0.25, 0.3) is 0 Å². The van der Waals surface area contributed by atoms with Crippen molar-refractivity contribution in [2.75, 3.05) is 13.1 Å². The molecule has 0 unspecified atom stereocenters. The first-order chi connectivity index (χ1) is 9.55. The second-order valence-corrected chi connectivity index (χ2v) is 6.21. The van der Waals surface area contributed by atoms with Crippen LogP contribution in [0.1, 0.15) is 44.7 Å². The Morgan fingerprint density at radius 1 is 1.45 bits per heavy atom. The maximum Gasteiger partial charge on any atom is 0.244 e. The molecule has 3 nitrogen and oxygen atoms in total. The average molecular weight is 276 g/mol. The molecule has 4 heteroatoms. The maximum absolute atomic E-state index is 13.4. The van der Waals surface area contributed by atoms with E-state index in [0.29, 0.717) is 0 Å². The zero-order chi connectivity index (χ0) is 14.3. The molecule has 1 aromatic carbocycles. The lowest BCUT2D eigenvalue weighted by Crippen LogP contribution is -2.36. The number of hydrogen-bond acceptors (Lipinski definition) is 2. The molecule has 1 amide bonds. The van der Waals surface area contributed by atoms with Crippen LogP contribution < -0.4 is 0 Å². The third-order valence-electron chi connectivity index (χ3n) is 4.55. The second kappa shape index (κ2) is 4.85. The van der Waals surface area contributed by atoms with Gasteiger partial charge in [-0.3, -0.25) is 9.80 Å². The molecule has 2 atom stereocenters. The third-order valence-corrected chi connectivity index (χ3v) is 4.55. The zero-order valence-electron chi connectivity index (χ0n) is 12.1. The fourth-order valence-corrected chi connectivity index (χ4v) is 3.63. The Morgan fingerprint density at radius 2 is 2.25 bits per heavy atom. The summed E-state index contributed by atoms with van der Waals surface area (Å²) in [7, 11) is 0. The van der Waals surface area contributed by atoms with Gasteiger partial charge in [-0.15, -0.1) is 0 Å². The Balaban J connectivity index is 1.89. The van der Waals surface area contributed by atoms with E-state index < -0.39 is 0 Å². The highest BCUT2D eigenvalue weighted by atomic mass is 19.1. The number of nitrogens with zero attached hydrogens (tertiary/aromatic N) is 2. The normalized spacial score (nSPS) is 30.1. The number of benzene rings is 1. The fraction of sp³-hybridized carbons (Fsp3) is 0.562. The van der Waals surface area contributed by atoms with Crippen molar-refractivity contribution < 1.29 is 9.18 Å². The lowest BCUT2D eigenvalue weighted by atomic mass is 9.85. The van der Waals surface area contributed by atoms with Crippen LogP contribution in [0.5, 0.6) is 0 Å². The van der Waals surface area contributed by atoms with Crippen molar-refractivity contribution in [1.29, 1.82) is 0 Å². The molecule has 0 spiro atoms. The van der Waals surface area contributed by atoms with Gasteiger partial charge in [0.2, 0.25) is 5.91 Å². The lowest BCUT2D eigenvalue weighted by molar-refractivity contribution is -0.142. The van der Waals surface area contributed by atoms with Gasteiger partial charge in [0.1, 0.15) is 5.82 Å². The van der Waals surface area contributed by atoms with E-state index in [9.17, 15) is 9.18 Å². The Morgan fingerprint density at radius 3 is 2.95 bits per heavy atom. The van der Waals surface area contributed by atoms with Crippen molar-refractivity contribution in [2.45, 2.75) is 39.2 Å². The van der Waals surface area contributed by atoms with E-state index in [-0.39, 0.29) is 23.2 Å². The third kappa shape index (κ3) is 2.03. The van der Waals surface area contributed by atoms with Crippen molar-refractivity contribution in [1.82, 2.24) is 10.0 Å². The predicted octanol–water partition coefficient (Wildman–Crippen LogP) is 3.14.